The molecule has 0 saturated heterocycles. The largest absolute Gasteiger partial charge is 0.465 e. The quantitative estimate of drug-likeness (QED) is 0.549. The molecule has 1 heterocycles. The minimum atomic E-state index is -1.12. The van der Waals surface area contributed by atoms with Gasteiger partial charge in [-0.05, 0) is 19.8 Å². The van der Waals surface area contributed by atoms with Crippen LogP contribution in [0.2, 0.25) is 0 Å². The second-order valence-corrected chi connectivity index (χ2v) is 3.87. The van der Waals surface area contributed by atoms with Gasteiger partial charge in [0.1, 0.15) is 16.9 Å². The molecule has 1 aromatic heterocycles. The highest BCUT2D eigenvalue weighted by Crippen LogP contribution is 2.07. The van der Waals surface area contributed by atoms with Crippen molar-refractivity contribution >= 4 is 5.97 Å². The lowest BCUT2D eigenvalue weighted by molar-refractivity contribution is 0.0600. The van der Waals surface area contributed by atoms with Gasteiger partial charge in [0, 0.05) is 13.2 Å². The number of carbonyl (C=O) groups is 1. The predicted molar refractivity (Wildman–Crippen MR) is 57.7 cm³/mol. The number of esters is 1. The van der Waals surface area contributed by atoms with Crippen LogP contribution in [0.1, 0.15) is 29.9 Å². The second-order valence-electron chi connectivity index (χ2n) is 3.87. The molecule has 0 amide bonds. The average molecular weight is 222 g/mol. The van der Waals surface area contributed by atoms with E-state index in [0.717, 1.165) is 0 Å². The van der Waals surface area contributed by atoms with Gasteiger partial charge in [0.2, 0.25) is 0 Å². The monoisotopic (exact) mass is 222 g/mol. The molecule has 0 radical (unpaired) electrons. The van der Waals surface area contributed by atoms with Crippen LogP contribution in [-0.4, -0.2) is 33.6 Å². The van der Waals surface area contributed by atoms with Crippen LogP contribution in [0.4, 0.5) is 0 Å². The Balaban J connectivity index is 3.13. The van der Waals surface area contributed by atoms with Crippen LogP contribution in [0.3, 0.4) is 0 Å². The average Bonchev–Trinajstić information content (AvgIpc) is 2.54. The van der Waals surface area contributed by atoms with E-state index in [-0.39, 0.29) is 0 Å². The highest BCUT2D eigenvalue weighted by atomic mass is 16.5. The summed E-state index contributed by atoms with van der Waals surface area (Å²) >= 11 is 0. The molecule has 1 rings (SSSR count). The summed E-state index contributed by atoms with van der Waals surface area (Å²) in [6.07, 6.45) is 1.53. The molecule has 0 fully saturated rings. The van der Waals surface area contributed by atoms with Gasteiger partial charge in [0.25, 0.3) is 0 Å². The van der Waals surface area contributed by atoms with Crippen LogP contribution in [0, 0.1) is 11.8 Å². The van der Waals surface area contributed by atoms with Gasteiger partial charge < -0.3 is 9.84 Å². The van der Waals surface area contributed by atoms with Crippen LogP contribution in [0.15, 0.2) is 6.20 Å². The standard InChI is InChI=1S/C11H14N2O3/c1-11(2,15)6-5-9-8(10(14)16-4)7-13(3)12-9/h7,15H,1-4H3. The predicted octanol–water partition coefficient (Wildman–Crippen LogP) is 0.329. The zero-order chi connectivity index (χ0) is 12.3. The molecule has 0 saturated carbocycles. The van der Waals surface area contributed by atoms with Gasteiger partial charge in [0.15, 0.2) is 0 Å². The van der Waals surface area contributed by atoms with E-state index in [2.05, 4.69) is 21.7 Å². The van der Waals surface area contributed by atoms with Crippen molar-refractivity contribution in [1.82, 2.24) is 9.78 Å². The Labute approximate surface area is 94.0 Å². The van der Waals surface area contributed by atoms with Gasteiger partial charge in [-0.1, -0.05) is 5.92 Å². The minimum absolute atomic E-state index is 0.293. The van der Waals surface area contributed by atoms with E-state index in [0.29, 0.717) is 11.3 Å². The van der Waals surface area contributed by atoms with E-state index < -0.39 is 11.6 Å². The first-order chi connectivity index (χ1) is 7.33. The molecular weight excluding hydrogens is 208 g/mol. The zero-order valence-corrected chi connectivity index (χ0v) is 9.74. The number of ether oxygens (including phenoxy) is 1. The van der Waals surface area contributed by atoms with E-state index in [1.807, 2.05) is 0 Å². The number of hydrogen-bond acceptors (Lipinski definition) is 4. The maximum atomic E-state index is 11.4. The molecular formula is C11H14N2O3. The molecule has 0 unspecified atom stereocenters. The summed E-state index contributed by atoms with van der Waals surface area (Å²) in [6, 6.07) is 0. The maximum absolute atomic E-state index is 11.4. The number of carbonyl (C=O) groups excluding carboxylic acids is 1. The van der Waals surface area contributed by atoms with Gasteiger partial charge in [-0.3, -0.25) is 4.68 Å². The molecule has 0 aliphatic rings. The third-order valence-corrected chi connectivity index (χ3v) is 1.72. The van der Waals surface area contributed by atoms with E-state index in [4.69, 9.17) is 0 Å². The van der Waals surface area contributed by atoms with Crippen molar-refractivity contribution in [3.63, 3.8) is 0 Å². The van der Waals surface area contributed by atoms with E-state index >= 15 is 0 Å². The second kappa shape index (κ2) is 4.37. The van der Waals surface area contributed by atoms with Crippen LogP contribution in [0.5, 0.6) is 0 Å². The number of aryl methyl sites for hydroxylation is 1. The Bertz CT molecular complexity index is 458. The summed E-state index contributed by atoms with van der Waals surface area (Å²) in [5, 5.41) is 13.5. The van der Waals surface area contributed by atoms with Crippen molar-refractivity contribution in [3.05, 3.63) is 17.5 Å². The summed E-state index contributed by atoms with van der Waals surface area (Å²) < 4.78 is 6.07. The topological polar surface area (TPSA) is 64.4 Å². The summed E-state index contributed by atoms with van der Waals surface area (Å²) in [5.41, 5.74) is -0.525. The Hall–Kier alpha value is -1.80. The summed E-state index contributed by atoms with van der Waals surface area (Å²) in [6.45, 7) is 3.11. The minimum Gasteiger partial charge on any atom is -0.465 e. The van der Waals surface area contributed by atoms with Gasteiger partial charge >= 0.3 is 5.97 Å². The number of aromatic nitrogens is 2. The number of aliphatic hydroxyl groups is 1. The van der Waals surface area contributed by atoms with Crippen LogP contribution in [0.25, 0.3) is 0 Å². The van der Waals surface area contributed by atoms with E-state index in [1.165, 1.54) is 18.0 Å². The molecule has 0 atom stereocenters. The molecule has 5 heteroatoms. The fraction of sp³-hybridized carbons (Fsp3) is 0.455. The molecule has 1 N–H and O–H groups in total. The number of methoxy groups -OCH3 is 1. The summed E-state index contributed by atoms with van der Waals surface area (Å²) in [5.74, 6) is 4.76. The molecule has 5 nitrogen and oxygen atoms in total. The third-order valence-electron chi connectivity index (χ3n) is 1.72. The molecule has 0 spiro atoms. The number of rotatable bonds is 1. The highest BCUT2D eigenvalue weighted by Gasteiger charge is 2.15. The fourth-order valence-corrected chi connectivity index (χ4v) is 1.05. The molecule has 0 aliphatic heterocycles. The van der Waals surface area contributed by atoms with Crippen LogP contribution < -0.4 is 0 Å². The lowest BCUT2D eigenvalue weighted by Crippen LogP contribution is -2.14. The molecule has 0 aliphatic carbocycles. The molecule has 0 aromatic carbocycles. The first-order valence-electron chi connectivity index (χ1n) is 4.71. The molecule has 86 valence electrons. The fourth-order valence-electron chi connectivity index (χ4n) is 1.05. The van der Waals surface area contributed by atoms with E-state index in [1.54, 1.807) is 20.9 Å². The van der Waals surface area contributed by atoms with Crippen molar-refractivity contribution in [1.29, 1.82) is 0 Å². The smallest absolute Gasteiger partial charge is 0.342 e. The molecule has 1 aromatic rings. The first kappa shape index (κ1) is 12.3. The Morgan fingerprint density at radius 1 is 1.62 bits per heavy atom. The highest BCUT2D eigenvalue weighted by molar-refractivity contribution is 5.91. The lowest BCUT2D eigenvalue weighted by atomic mass is 10.1. The van der Waals surface area contributed by atoms with Gasteiger partial charge in [-0.2, -0.15) is 5.10 Å². The third kappa shape index (κ3) is 3.11. The summed E-state index contributed by atoms with van der Waals surface area (Å²) in [7, 11) is 2.98. The Kier molecular flexibility index (Phi) is 3.35. The first-order valence-corrected chi connectivity index (χ1v) is 4.71. The lowest BCUT2D eigenvalue weighted by Gasteiger charge is -2.05. The number of nitrogens with zero attached hydrogens (tertiary/aromatic N) is 2. The SMILES string of the molecule is COC(=O)c1cn(C)nc1C#CC(C)(C)O. The zero-order valence-electron chi connectivity index (χ0n) is 9.74. The molecule has 16 heavy (non-hydrogen) atoms. The van der Waals surface area contributed by atoms with Crippen molar-refractivity contribution in [2.24, 2.45) is 7.05 Å². The van der Waals surface area contributed by atoms with E-state index in [9.17, 15) is 9.90 Å². The van der Waals surface area contributed by atoms with Crippen LogP contribution in [-0.2, 0) is 11.8 Å². The van der Waals surface area contributed by atoms with Gasteiger partial charge in [-0.15, -0.1) is 0 Å². The Morgan fingerprint density at radius 2 is 2.25 bits per heavy atom. The van der Waals surface area contributed by atoms with Crippen molar-refractivity contribution in [3.8, 4) is 11.8 Å². The van der Waals surface area contributed by atoms with Crippen LogP contribution >= 0.6 is 0 Å². The van der Waals surface area contributed by atoms with Gasteiger partial charge in [0.05, 0.1) is 7.11 Å². The maximum Gasteiger partial charge on any atom is 0.342 e. The Morgan fingerprint density at radius 3 is 2.75 bits per heavy atom. The van der Waals surface area contributed by atoms with Crippen molar-refractivity contribution in [2.45, 2.75) is 19.4 Å². The van der Waals surface area contributed by atoms with Crippen molar-refractivity contribution < 1.29 is 14.6 Å². The molecule has 0 bridgehead atoms. The van der Waals surface area contributed by atoms with Crippen molar-refractivity contribution in [2.75, 3.05) is 7.11 Å². The van der Waals surface area contributed by atoms with Gasteiger partial charge in [-0.25, -0.2) is 4.79 Å². The summed E-state index contributed by atoms with van der Waals surface area (Å²) in [4.78, 5) is 11.4. The normalized spacial score (nSPS) is 10.6. The number of hydrogen-bond donors (Lipinski definition) is 1.